The molecule has 1 fully saturated rings. The highest BCUT2D eigenvalue weighted by atomic mass is 32.1. The molecule has 5 nitrogen and oxygen atoms in total. The van der Waals surface area contributed by atoms with Gasteiger partial charge in [0.15, 0.2) is 0 Å². The van der Waals surface area contributed by atoms with Gasteiger partial charge in [-0.25, -0.2) is 4.98 Å². The average molecular weight is 567 g/mol. The summed E-state index contributed by atoms with van der Waals surface area (Å²) < 4.78 is 81.2. The van der Waals surface area contributed by atoms with Crippen LogP contribution in [0.4, 0.5) is 26.3 Å². The number of piperazine rings is 1. The fourth-order valence-corrected chi connectivity index (χ4v) is 5.67. The summed E-state index contributed by atoms with van der Waals surface area (Å²) in [6.07, 6.45) is -7.94. The van der Waals surface area contributed by atoms with E-state index in [0.717, 1.165) is 27.2 Å². The summed E-state index contributed by atoms with van der Waals surface area (Å²) in [7, 11) is 0. The third kappa shape index (κ3) is 5.81. The molecular weight excluding hydrogens is 542 g/mol. The summed E-state index contributed by atoms with van der Waals surface area (Å²) in [6, 6.07) is 8.23. The van der Waals surface area contributed by atoms with E-state index >= 15 is 0 Å². The zero-order valence-corrected chi connectivity index (χ0v) is 21.6. The number of hydrogen-bond donors (Lipinski definition) is 1. The van der Waals surface area contributed by atoms with Crippen LogP contribution < -0.4 is 0 Å². The van der Waals surface area contributed by atoms with Gasteiger partial charge in [-0.3, -0.25) is 9.69 Å². The van der Waals surface area contributed by atoms with Crippen molar-refractivity contribution in [2.45, 2.75) is 38.3 Å². The largest absolute Gasteiger partial charge is 0.417 e. The van der Waals surface area contributed by atoms with Crippen molar-refractivity contribution >= 4 is 28.1 Å². The van der Waals surface area contributed by atoms with Crippen LogP contribution in [0.3, 0.4) is 0 Å². The lowest BCUT2D eigenvalue weighted by molar-refractivity contribution is -0.143. The van der Waals surface area contributed by atoms with Crippen molar-refractivity contribution in [3.8, 4) is 0 Å². The van der Waals surface area contributed by atoms with E-state index in [1.165, 1.54) is 16.2 Å². The number of carbonyl (C=O) groups is 1. The molecular formula is C27H24F6N4OS. The first-order valence-corrected chi connectivity index (χ1v) is 13.1. The highest BCUT2D eigenvalue weighted by Crippen LogP contribution is 2.38. The maximum Gasteiger partial charge on any atom is 0.417 e. The van der Waals surface area contributed by atoms with Gasteiger partial charge in [-0.1, -0.05) is 18.2 Å². The smallest absolute Gasteiger partial charge is 0.361 e. The van der Waals surface area contributed by atoms with Crippen LogP contribution in [0.1, 0.15) is 37.7 Å². The summed E-state index contributed by atoms with van der Waals surface area (Å²) >= 11 is 1.52. The second-order valence-electron chi connectivity index (χ2n) is 9.56. The van der Waals surface area contributed by atoms with Crippen LogP contribution in [-0.2, 0) is 25.3 Å². The Bertz CT molecular complexity index is 1490. The van der Waals surface area contributed by atoms with E-state index in [4.69, 9.17) is 0 Å². The van der Waals surface area contributed by atoms with Gasteiger partial charge < -0.3 is 9.88 Å². The Balaban J connectivity index is 1.48. The van der Waals surface area contributed by atoms with Gasteiger partial charge in [0.05, 0.1) is 27.4 Å². The zero-order valence-electron chi connectivity index (χ0n) is 20.7. The molecule has 0 radical (unpaired) electrons. The average Bonchev–Trinajstić information content (AvgIpc) is 3.48. The Morgan fingerprint density at radius 1 is 1.08 bits per heavy atom. The number of thiazole rings is 1. The number of aromatic nitrogens is 2. The van der Waals surface area contributed by atoms with Crippen molar-refractivity contribution in [3.63, 3.8) is 0 Å². The summed E-state index contributed by atoms with van der Waals surface area (Å²) in [4.78, 5) is 24.7. The zero-order chi connectivity index (χ0) is 27.9. The third-order valence-electron chi connectivity index (χ3n) is 6.89. The molecule has 3 heterocycles. The van der Waals surface area contributed by atoms with Gasteiger partial charge in [0.2, 0.25) is 0 Å². The number of halogens is 6. The molecule has 0 saturated carbocycles. The Labute approximate surface area is 224 Å². The van der Waals surface area contributed by atoms with Gasteiger partial charge in [0.25, 0.3) is 5.91 Å². The first kappa shape index (κ1) is 27.2. The fraction of sp³-hybridized carbons (Fsp3) is 0.333. The van der Waals surface area contributed by atoms with Crippen molar-refractivity contribution in [1.82, 2.24) is 19.8 Å². The molecule has 39 heavy (non-hydrogen) atoms. The summed E-state index contributed by atoms with van der Waals surface area (Å²) in [5, 5.41) is 3.79. The second kappa shape index (κ2) is 10.3. The van der Waals surface area contributed by atoms with Gasteiger partial charge in [-0.15, -0.1) is 11.3 Å². The van der Waals surface area contributed by atoms with Crippen LogP contribution in [0.15, 0.2) is 54.0 Å². The van der Waals surface area contributed by atoms with Gasteiger partial charge in [0.1, 0.15) is 0 Å². The van der Waals surface area contributed by atoms with Crippen LogP contribution in [-0.4, -0.2) is 51.4 Å². The fourth-order valence-electron chi connectivity index (χ4n) is 5.07. The minimum absolute atomic E-state index is 0.0166. The van der Waals surface area contributed by atoms with E-state index in [1.807, 2.05) is 42.8 Å². The highest BCUT2D eigenvalue weighted by Gasteiger charge is 2.41. The molecule has 1 N–H and O–H groups in total. The number of benzene rings is 2. The van der Waals surface area contributed by atoms with Gasteiger partial charge in [-0.2, -0.15) is 26.3 Å². The van der Waals surface area contributed by atoms with Crippen LogP contribution in [0.2, 0.25) is 0 Å². The lowest BCUT2D eigenvalue weighted by Gasteiger charge is -2.41. The highest BCUT2D eigenvalue weighted by molar-refractivity contribution is 7.09. The number of fused-ring (bicyclic) bond motifs is 1. The first-order valence-electron chi connectivity index (χ1n) is 12.2. The number of nitrogens with one attached hydrogen (secondary N) is 1. The Hall–Kier alpha value is -3.38. The number of alkyl halides is 6. The van der Waals surface area contributed by atoms with E-state index in [0.29, 0.717) is 38.2 Å². The van der Waals surface area contributed by atoms with Crippen molar-refractivity contribution in [1.29, 1.82) is 0 Å². The van der Waals surface area contributed by atoms with E-state index in [1.54, 1.807) is 0 Å². The summed E-state index contributed by atoms with van der Waals surface area (Å²) in [5.74, 6) is -0.940. The lowest BCUT2D eigenvalue weighted by Crippen LogP contribution is -2.55. The predicted molar refractivity (Wildman–Crippen MR) is 135 cm³/mol. The van der Waals surface area contributed by atoms with Crippen molar-refractivity contribution in [3.05, 3.63) is 87.0 Å². The molecule has 1 unspecified atom stereocenters. The molecule has 206 valence electrons. The maximum atomic E-state index is 13.9. The molecule has 1 aliphatic rings. The molecule has 1 atom stereocenters. The van der Waals surface area contributed by atoms with E-state index in [9.17, 15) is 31.1 Å². The van der Waals surface area contributed by atoms with Crippen molar-refractivity contribution in [2.24, 2.45) is 0 Å². The third-order valence-corrected chi connectivity index (χ3v) is 7.72. The van der Waals surface area contributed by atoms with Crippen molar-refractivity contribution in [2.75, 3.05) is 19.6 Å². The van der Waals surface area contributed by atoms with Crippen LogP contribution in [0.5, 0.6) is 0 Å². The molecule has 1 amide bonds. The SMILES string of the molecule is Cc1nc(CN2CCN(C(=O)c3ccc(C(F)(F)F)cc3C(F)(F)F)C(Cc3c[nH]c4ccccc34)C2)cs1. The molecule has 1 saturated heterocycles. The number of para-hydroxylation sites is 1. The summed E-state index contributed by atoms with van der Waals surface area (Å²) in [5.41, 5.74) is -1.19. The maximum absolute atomic E-state index is 13.9. The first-order chi connectivity index (χ1) is 18.4. The normalized spacial score (nSPS) is 17.2. The summed E-state index contributed by atoms with van der Waals surface area (Å²) in [6.45, 7) is 3.28. The number of rotatable bonds is 5. The Kier molecular flexibility index (Phi) is 7.19. The molecule has 5 rings (SSSR count). The topological polar surface area (TPSA) is 52.2 Å². The molecule has 0 spiro atoms. The molecule has 4 aromatic rings. The molecule has 2 aromatic carbocycles. The van der Waals surface area contributed by atoms with Crippen molar-refractivity contribution < 1.29 is 31.1 Å². The number of amides is 1. The van der Waals surface area contributed by atoms with Gasteiger partial charge in [-0.05, 0) is 43.2 Å². The monoisotopic (exact) mass is 566 g/mol. The van der Waals surface area contributed by atoms with E-state index < -0.39 is 41.0 Å². The Morgan fingerprint density at radius 3 is 2.54 bits per heavy atom. The quantitative estimate of drug-likeness (QED) is 0.279. The lowest BCUT2D eigenvalue weighted by atomic mass is 9.97. The molecule has 2 aromatic heterocycles. The minimum atomic E-state index is -5.14. The minimum Gasteiger partial charge on any atom is -0.361 e. The Morgan fingerprint density at radius 2 is 1.85 bits per heavy atom. The number of H-pyrrole nitrogens is 1. The standard InChI is InChI=1S/C27H24F6N4OS/c1-16-35-19(15-39-16)13-36-8-9-37(20(14-36)10-17-12-34-24-5-3-2-4-21(17)24)25(38)22-7-6-18(26(28,29)30)11-23(22)27(31,32)33/h2-7,11-12,15,20,34H,8-10,13-14H2,1H3. The van der Waals surface area contributed by atoms with Crippen LogP contribution in [0.25, 0.3) is 10.9 Å². The van der Waals surface area contributed by atoms with Crippen LogP contribution in [0, 0.1) is 6.92 Å². The number of carbonyl (C=O) groups excluding carboxylic acids is 1. The van der Waals surface area contributed by atoms with Gasteiger partial charge >= 0.3 is 12.4 Å². The molecule has 0 aliphatic carbocycles. The van der Waals surface area contributed by atoms with E-state index in [2.05, 4.69) is 14.9 Å². The second-order valence-corrected chi connectivity index (χ2v) is 10.6. The number of hydrogen-bond acceptors (Lipinski definition) is 4. The molecule has 12 heteroatoms. The van der Waals surface area contributed by atoms with E-state index in [-0.39, 0.29) is 12.6 Å². The number of aromatic amines is 1. The number of nitrogens with zero attached hydrogens (tertiary/aromatic N) is 3. The molecule has 1 aliphatic heterocycles. The van der Waals surface area contributed by atoms with Crippen LogP contribution >= 0.6 is 11.3 Å². The predicted octanol–water partition coefficient (Wildman–Crippen LogP) is 6.54. The number of aryl methyl sites for hydroxylation is 1. The molecule has 0 bridgehead atoms. The van der Waals surface area contributed by atoms with Gasteiger partial charge in [0, 0.05) is 54.7 Å².